The van der Waals surface area contributed by atoms with Gasteiger partial charge in [-0.2, -0.15) is 0 Å². The topological polar surface area (TPSA) is 89.3 Å². The van der Waals surface area contributed by atoms with E-state index < -0.39 is 20.6 Å². The zero-order chi connectivity index (χ0) is 16.2. The van der Waals surface area contributed by atoms with Crippen molar-refractivity contribution in [3.63, 3.8) is 0 Å². The Morgan fingerprint density at radius 1 is 1.29 bits per heavy atom. The number of nitro groups is 1. The van der Waals surface area contributed by atoms with E-state index in [2.05, 4.69) is 18.6 Å². The number of nitrogens with zero attached hydrogens (tertiary/aromatic N) is 1. The van der Waals surface area contributed by atoms with Gasteiger partial charge in [-0.25, -0.2) is 13.1 Å². The maximum atomic E-state index is 12.2. The second kappa shape index (κ2) is 7.20. The quantitative estimate of drug-likeness (QED) is 0.611. The third kappa shape index (κ3) is 5.26. The summed E-state index contributed by atoms with van der Waals surface area (Å²) in [6.45, 7) is 5.89. The molecule has 0 aromatic heterocycles. The van der Waals surface area contributed by atoms with Gasteiger partial charge in [0.25, 0.3) is 5.69 Å². The normalized spacial score (nSPS) is 13.4. The van der Waals surface area contributed by atoms with Crippen molar-refractivity contribution < 1.29 is 13.3 Å². The SMILES string of the molecule is CC(C)CCC(C)NS(=O)(=O)c1ccc(Cl)c([N+](=O)[O-])c1. The van der Waals surface area contributed by atoms with Crippen molar-refractivity contribution in [3.8, 4) is 0 Å². The van der Waals surface area contributed by atoms with E-state index in [0.29, 0.717) is 12.3 Å². The van der Waals surface area contributed by atoms with Gasteiger partial charge in [0.15, 0.2) is 0 Å². The lowest BCUT2D eigenvalue weighted by atomic mass is 10.1. The van der Waals surface area contributed by atoms with Crippen LogP contribution in [-0.2, 0) is 10.0 Å². The molecule has 1 atom stereocenters. The van der Waals surface area contributed by atoms with Crippen LogP contribution in [0.3, 0.4) is 0 Å². The molecule has 0 aliphatic rings. The third-order valence-electron chi connectivity index (χ3n) is 2.96. The van der Waals surface area contributed by atoms with Crippen LogP contribution in [-0.4, -0.2) is 19.4 Å². The smallest absolute Gasteiger partial charge is 0.258 e. The monoisotopic (exact) mass is 334 g/mol. The molecular weight excluding hydrogens is 316 g/mol. The highest BCUT2D eigenvalue weighted by atomic mass is 35.5. The highest BCUT2D eigenvalue weighted by molar-refractivity contribution is 7.89. The second-order valence-corrected chi connectivity index (χ2v) is 7.49. The Bertz CT molecular complexity index is 617. The molecule has 0 aliphatic carbocycles. The summed E-state index contributed by atoms with van der Waals surface area (Å²) in [5.74, 6) is 0.480. The minimum absolute atomic E-state index is 0.0909. The van der Waals surface area contributed by atoms with Crippen molar-refractivity contribution >= 4 is 27.3 Å². The van der Waals surface area contributed by atoms with E-state index in [9.17, 15) is 18.5 Å². The summed E-state index contributed by atoms with van der Waals surface area (Å²) in [5.41, 5.74) is -0.422. The molecule has 6 nitrogen and oxygen atoms in total. The van der Waals surface area contributed by atoms with Crippen molar-refractivity contribution in [1.29, 1.82) is 0 Å². The van der Waals surface area contributed by atoms with Gasteiger partial charge in [0.05, 0.1) is 9.82 Å². The molecule has 0 saturated heterocycles. The Morgan fingerprint density at radius 3 is 2.43 bits per heavy atom. The fraction of sp³-hybridized carbons (Fsp3) is 0.538. The van der Waals surface area contributed by atoms with Crippen molar-refractivity contribution in [3.05, 3.63) is 33.3 Å². The summed E-state index contributed by atoms with van der Waals surface area (Å²) in [6, 6.07) is 3.20. The lowest BCUT2D eigenvalue weighted by Crippen LogP contribution is -2.32. The zero-order valence-corrected chi connectivity index (χ0v) is 13.7. The first kappa shape index (κ1) is 17.9. The summed E-state index contributed by atoms with van der Waals surface area (Å²) in [4.78, 5) is 9.94. The van der Waals surface area contributed by atoms with E-state index in [1.54, 1.807) is 6.92 Å². The van der Waals surface area contributed by atoms with Crippen LogP contribution in [0.1, 0.15) is 33.6 Å². The summed E-state index contributed by atoms with van der Waals surface area (Å²) < 4.78 is 26.9. The first-order valence-corrected chi connectivity index (χ1v) is 8.46. The molecule has 1 unspecified atom stereocenters. The van der Waals surface area contributed by atoms with Crippen LogP contribution in [0.2, 0.25) is 5.02 Å². The van der Waals surface area contributed by atoms with Crippen LogP contribution in [0.25, 0.3) is 0 Å². The van der Waals surface area contributed by atoms with Crippen molar-refractivity contribution in [2.45, 2.75) is 44.6 Å². The predicted molar refractivity (Wildman–Crippen MR) is 82.0 cm³/mol. The van der Waals surface area contributed by atoms with Gasteiger partial charge in [0.2, 0.25) is 10.0 Å². The molecule has 0 aliphatic heterocycles. The average Bonchev–Trinajstić information content (AvgIpc) is 2.35. The number of benzene rings is 1. The summed E-state index contributed by atoms with van der Waals surface area (Å²) >= 11 is 5.67. The molecule has 1 rings (SSSR count). The molecule has 118 valence electrons. The summed E-state index contributed by atoms with van der Waals surface area (Å²) in [5, 5.41) is 10.7. The minimum Gasteiger partial charge on any atom is -0.258 e. The highest BCUT2D eigenvalue weighted by Gasteiger charge is 2.22. The maximum Gasteiger partial charge on any atom is 0.289 e. The Labute approximate surface area is 129 Å². The van der Waals surface area contributed by atoms with Gasteiger partial charge < -0.3 is 0 Å². The molecule has 0 amide bonds. The lowest BCUT2D eigenvalue weighted by Gasteiger charge is -2.15. The summed E-state index contributed by atoms with van der Waals surface area (Å²) in [6.07, 6.45) is 1.59. The minimum atomic E-state index is -3.79. The molecule has 21 heavy (non-hydrogen) atoms. The van der Waals surface area contributed by atoms with Gasteiger partial charge >= 0.3 is 0 Å². The van der Waals surface area contributed by atoms with Gasteiger partial charge in [0, 0.05) is 12.1 Å². The number of nitro benzene ring substituents is 1. The largest absolute Gasteiger partial charge is 0.289 e. The number of sulfonamides is 1. The van der Waals surface area contributed by atoms with Crippen LogP contribution in [0.5, 0.6) is 0 Å². The number of rotatable bonds is 7. The van der Waals surface area contributed by atoms with Crippen LogP contribution < -0.4 is 4.72 Å². The zero-order valence-electron chi connectivity index (χ0n) is 12.2. The van der Waals surface area contributed by atoms with E-state index in [0.717, 1.165) is 12.5 Å². The first-order chi connectivity index (χ1) is 9.63. The van der Waals surface area contributed by atoms with Crippen LogP contribution in [0.15, 0.2) is 23.1 Å². The van der Waals surface area contributed by atoms with Gasteiger partial charge in [-0.15, -0.1) is 0 Å². The maximum absolute atomic E-state index is 12.2. The Morgan fingerprint density at radius 2 is 1.90 bits per heavy atom. The summed E-state index contributed by atoms with van der Waals surface area (Å²) in [7, 11) is -3.79. The van der Waals surface area contributed by atoms with E-state index >= 15 is 0 Å². The second-order valence-electron chi connectivity index (χ2n) is 5.36. The van der Waals surface area contributed by atoms with E-state index in [-0.39, 0.29) is 16.0 Å². The average molecular weight is 335 g/mol. The molecule has 0 fully saturated rings. The standard InChI is InChI=1S/C13H19ClN2O4S/c1-9(2)4-5-10(3)15-21(19,20)11-6-7-12(14)13(8-11)16(17)18/h6-10,15H,4-5H2,1-3H3. The Kier molecular flexibility index (Phi) is 6.12. The van der Waals surface area contributed by atoms with Crippen LogP contribution in [0, 0.1) is 16.0 Å². The number of hydrogen-bond acceptors (Lipinski definition) is 4. The fourth-order valence-corrected chi connectivity index (χ4v) is 3.26. The third-order valence-corrected chi connectivity index (χ3v) is 4.86. The Balaban J connectivity index is 2.93. The molecule has 1 N–H and O–H groups in total. The number of hydrogen-bond donors (Lipinski definition) is 1. The van der Waals surface area contributed by atoms with Crippen LogP contribution >= 0.6 is 11.6 Å². The highest BCUT2D eigenvalue weighted by Crippen LogP contribution is 2.27. The van der Waals surface area contributed by atoms with Gasteiger partial charge in [-0.05, 0) is 37.8 Å². The molecule has 0 radical (unpaired) electrons. The van der Waals surface area contributed by atoms with E-state index in [4.69, 9.17) is 11.6 Å². The van der Waals surface area contributed by atoms with Crippen molar-refractivity contribution in [2.24, 2.45) is 5.92 Å². The van der Waals surface area contributed by atoms with Crippen LogP contribution in [0.4, 0.5) is 5.69 Å². The molecule has 0 heterocycles. The lowest BCUT2D eigenvalue weighted by molar-refractivity contribution is -0.384. The van der Waals surface area contributed by atoms with Crippen molar-refractivity contribution in [2.75, 3.05) is 0 Å². The van der Waals surface area contributed by atoms with Gasteiger partial charge in [-0.3, -0.25) is 10.1 Å². The van der Waals surface area contributed by atoms with Crippen molar-refractivity contribution in [1.82, 2.24) is 4.72 Å². The Hall–Kier alpha value is -1.18. The number of nitrogens with one attached hydrogen (secondary N) is 1. The predicted octanol–water partition coefficient (Wildman–Crippen LogP) is 3.35. The molecule has 1 aromatic rings. The first-order valence-electron chi connectivity index (χ1n) is 6.59. The number of halogens is 1. The molecular formula is C13H19ClN2O4S. The molecule has 0 saturated carbocycles. The molecule has 0 bridgehead atoms. The van der Waals surface area contributed by atoms with Gasteiger partial charge in [0.1, 0.15) is 5.02 Å². The van der Waals surface area contributed by atoms with Gasteiger partial charge in [-0.1, -0.05) is 25.4 Å². The molecule has 1 aromatic carbocycles. The van der Waals surface area contributed by atoms with E-state index in [1.165, 1.54) is 12.1 Å². The molecule has 0 spiro atoms. The molecule has 8 heteroatoms. The fourth-order valence-electron chi connectivity index (χ4n) is 1.77. The van der Waals surface area contributed by atoms with E-state index in [1.807, 2.05) is 0 Å².